The third-order valence-corrected chi connectivity index (χ3v) is 43.1. The van der Waals surface area contributed by atoms with Gasteiger partial charge < -0.3 is 0 Å². The molecule has 0 aromatic carbocycles. The van der Waals surface area contributed by atoms with E-state index >= 15 is 0 Å². The molecule has 1 aromatic rings. The molecule has 1 atom stereocenters. The maximum absolute atomic E-state index is 12.9. The van der Waals surface area contributed by atoms with E-state index in [-0.39, 0.29) is 6.09 Å². The molecule has 2 rings (SSSR count). The van der Waals surface area contributed by atoms with Crippen LogP contribution in [0.4, 0.5) is 10.6 Å². The summed E-state index contributed by atoms with van der Waals surface area (Å²) in [5.41, 5.74) is 0. The molecule has 150 valence electrons. The van der Waals surface area contributed by atoms with Crippen LogP contribution in [0.2, 0.25) is 13.3 Å². The van der Waals surface area contributed by atoms with Crippen molar-refractivity contribution >= 4 is 47.0 Å². The van der Waals surface area contributed by atoms with E-state index in [1.807, 2.05) is 28.2 Å². The summed E-state index contributed by atoms with van der Waals surface area (Å²) in [5, 5.41) is 7.26. The molecule has 0 radical (unpaired) electrons. The molecular weight excluding hydrogens is 473 g/mol. The summed E-state index contributed by atoms with van der Waals surface area (Å²) in [4.78, 5) is 14.0. The van der Waals surface area contributed by atoms with Gasteiger partial charge in [0.2, 0.25) is 0 Å². The predicted molar refractivity (Wildman–Crippen MR) is 118 cm³/mol. The van der Waals surface area contributed by atoms with Gasteiger partial charge in [-0.2, -0.15) is 0 Å². The fourth-order valence-electron chi connectivity index (χ4n) is 3.55. The number of fused-ring (bicyclic) bond motifs is 1. The van der Waals surface area contributed by atoms with Gasteiger partial charge in [-0.3, -0.25) is 0 Å². The molecule has 5 nitrogen and oxygen atoms in total. The van der Waals surface area contributed by atoms with Crippen molar-refractivity contribution in [1.29, 1.82) is 0 Å². The Morgan fingerprint density at radius 3 is 2.23 bits per heavy atom. The Kier molecular flexibility index (Phi) is 9.50. The zero-order valence-electron chi connectivity index (χ0n) is 16.7. The summed E-state index contributed by atoms with van der Waals surface area (Å²) in [7, 11) is 1.44. The van der Waals surface area contributed by atoms with Crippen molar-refractivity contribution in [3.8, 4) is 0 Å². The number of rotatable bonds is 11. The van der Waals surface area contributed by atoms with Gasteiger partial charge in [0.15, 0.2) is 0 Å². The average molecular weight is 508 g/mol. The number of hydrogen-bond acceptors (Lipinski definition) is 4. The SMILES string of the molecule is CCC[CH2][Sn]([CH2]CCC)([CH2]CCC)[SH]1Sc2cn[nH]c2N1C(=O)OCC. The number of carbonyl (C=O) groups is 1. The zero-order chi connectivity index (χ0) is 19.0. The van der Waals surface area contributed by atoms with Crippen molar-refractivity contribution in [2.24, 2.45) is 0 Å². The van der Waals surface area contributed by atoms with E-state index in [0.29, 0.717) is 6.61 Å². The summed E-state index contributed by atoms with van der Waals surface area (Å²) in [6, 6.07) is 0. The average Bonchev–Trinajstić information content (AvgIpc) is 3.23. The van der Waals surface area contributed by atoms with Crippen LogP contribution >= 0.6 is 18.1 Å². The molecule has 1 amide bonds. The van der Waals surface area contributed by atoms with Crippen LogP contribution in [-0.2, 0) is 4.74 Å². The van der Waals surface area contributed by atoms with Gasteiger partial charge >= 0.3 is 168 Å². The number of nitrogens with zero attached hydrogens (tertiary/aromatic N) is 2. The first-order valence-electron chi connectivity index (χ1n) is 10.1. The first-order chi connectivity index (χ1) is 12.6. The molecule has 2 heterocycles. The van der Waals surface area contributed by atoms with E-state index in [4.69, 9.17) is 4.74 Å². The molecule has 0 saturated carbocycles. The zero-order valence-corrected chi connectivity index (χ0v) is 21.3. The molecule has 1 N–H and O–H groups in total. The molecule has 0 spiro atoms. The van der Waals surface area contributed by atoms with Crippen LogP contribution in [0.25, 0.3) is 0 Å². The number of amides is 1. The van der Waals surface area contributed by atoms with Gasteiger partial charge in [0.1, 0.15) is 0 Å². The van der Waals surface area contributed by atoms with Crippen molar-refractivity contribution in [2.75, 3.05) is 10.9 Å². The van der Waals surface area contributed by atoms with Gasteiger partial charge in [0, 0.05) is 0 Å². The number of anilines is 1. The van der Waals surface area contributed by atoms with Crippen LogP contribution in [0.1, 0.15) is 66.2 Å². The summed E-state index contributed by atoms with van der Waals surface area (Å²) >= 11 is -2.57. The Bertz CT molecular complexity index is 549. The van der Waals surface area contributed by atoms with E-state index in [2.05, 4.69) is 31.0 Å². The number of H-pyrrole nitrogens is 1. The van der Waals surface area contributed by atoms with Crippen LogP contribution in [0.3, 0.4) is 0 Å². The van der Waals surface area contributed by atoms with Crippen molar-refractivity contribution in [3.05, 3.63) is 6.20 Å². The second kappa shape index (κ2) is 11.1. The molecule has 0 saturated heterocycles. The van der Waals surface area contributed by atoms with Crippen LogP contribution < -0.4 is 4.31 Å². The quantitative estimate of drug-likeness (QED) is 0.200. The standard InChI is InChI=1S/C6H7N3O2S2.3C4H9.Sn/c1-2-11-6(10)9-5-4(12-13-9)3-7-8-5;3*1-3-4-2;/h3H,2H2,1H3,(H,7,8);3*1,3-4H2,2H3;/q;;;;-1/p+1. The Balaban J connectivity index is 2.38. The normalized spacial score (nSPS) is 18.2. The van der Waals surface area contributed by atoms with E-state index in [9.17, 15) is 4.79 Å². The van der Waals surface area contributed by atoms with Crippen molar-refractivity contribution < 1.29 is 9.53 Å². The number of aromatic nitrogens is 2. The number of nitrogens with one attached hydrogen (secondary N) is 1. The van der Waals surface area contributed by atoms with E-state index < -0.39 is 24.3 Å². The van der Waals surface area contributed by atoms with Gasteiger partial charge in [-0.15, -0.1) is 0 Å². The maximum atomic E-state index is 12.9. The fraction of sp³-hybridized carbons (Fsp3) is 0.778. The molecule has 0 bridgehead atoms. The van der Waals surface area contributed by atoms with Crippen LogP contribution in [0.15, 0.2) is 11.1 Å². The summed E-state index contributed by atoms with van der Waals surface area (Å²) in [5.74, 6) is 0.894. The Labute approximate surface area is 167 Å². The third kappa shape index (κ3) is 5.07. The number of unbranched alkanes of at least 4 members (excludes halogenated alkanes) is 3. The van der Waals surface area contributed by atoms with Gasteiger partial charge in [-0.25, -0.2) is 0 Å². The third-order valence-electron chi connectivity index (χ3n) is 5.00. The van der Waals surface area contributed by atoms with Gasteiger partial charge in [0.25, 0.3) is 0 Å². The number of ether oxygens (including phenoxy) is 1. The van der Waals surface area contributed by atoms with E-state index in [0.717, 1.165) is 10.7 Å². The Hall–Kier alpha value is -0.0213. The van der Waals surface area contributed by atoms with Crippen LogP contribution in [0, 0.1) is 0 Å². The minimum atomic E-state index is -2.57. The van der Waals surface area contributed by atoms with Crippen molar-refractivity contribution in [3.63, 3.8) is 0 Å². The second-order valence-corrected chi connectivity index (χ2v) is 34.2. The molecule has 1 unspecified atom stereocenters. The summed E-state index contributed by atoms with van der Waals surface area (Å²) in [6.45, 7) is 9.19. The minimum absolute atomic E-state index is 0.167. The monoisotopic (exact) mass is 509 g/mol. The molecule has 26 heavy (non-hydrogen) atoms. The van der Waals surface area contributed by atoms with Crippen LogP contribution in [-0.4, -0.2) is 39.9 Å². The molecule has 8 heteroatoms. The first kappa shape index (κ1) is 22.3. The number of aromatic amines is 1. The van der Waals surface area contributed by atoms with Gasteiger partial charge in [0.05, 0.1) is 0 Å². The van der Waals surface area contributed by atoms with Crippen LogP contribution in [0.5, 0.6) is 0 Å². The molecule has 1 aromatic heterocycles. The van der Waals surface area contributed by atoms with E-state index in [1.54, 1.807) is 0 Å². The van der Waals surface area contributed by atoms with Gasteiger partial charge in [-0.05, 0) is 0 Å². The predicted octanol–water partition coefficient (Wildman–Crippen LogP) is 6.66. The van der Waals surface area contributed by atoms with E-state index in [1.165, 1.54) is 51.8 Å². The Morgan fingerprint density at radius 2 is 1.73 bits per heavy atom. The molecule has 0 fully saturated rings. The summed E-state index contributed by atoms with van der Waals surface area (Å²) in [6.07, 6.45) is 9.40. The molecular formula is C18H35N3O2S2Sn. The molecule has 1 aliphatic rings. The Morgan fingerprint density at radius 1 is 1.15 bits per heavy atom. The number of carbonyl (C=O) groups excluding carboxylic acids is 1. The summed E-state index contributed by atoms with van der Waals surface area (Å²) < 4.78 is 11.7. The molecule has 1 aliphatic heterocycles. The van der Waals surface area contributed by atoms with Crippen molar-refractivity contribution in [2.45, 2.75) is 84.4 Å². The fourth-order valence-corrected chi connectivity index (χ4v) is 45.3. The molecule has 0 aliphatic carbocycles. The van der Waals surface area contributed by atoms with Gasteiger partial charge in [-0.1, -0.05) is 0 Å². The topological polar surface area (TPSA) is 58.2 Å². The first-order valence-corrected chi connectivity index (χ1v) is 22.7. The number of hydrogen-bond donors (Lipinski definition) is 2. The van der Waals surface area contributed by atoms with Crippen molar-refractivity contribution in [1.82, 2.24) is 10.2 Å². The number of thiol groups is 1. The second-order valence-electron chi connectivity index (χ2n) is 6.99.